The van der Waals surface area contributed by atoms with Gasteiger partial charge in [0.1, 0.15) is 29.1 Å². The fraction of sp³-hybridized carbons (Fsp3) is 0.464. The highest BCUT2D eigenvalue weighted by Crippen LogP contribution is 2.33. The van der Waals surface area contributed by atoms with Crippen LogP contribution in [0, 0.1) is 17.2 Å². The normalized spacial score (nSPS) is 18.6. The summed E-state index contributed by atoms with van der Waals surface area (Å²) < 4.78 is 8.05. The summed E-state index contributed by atoms with van der Waals surface area (Å²) in [5.41, 5.74) is 4.00. The van der Waals surface area contributed by atoms with Gasteiger partial charge in [-0.05, 0) is 48.1 Å². The maximum absolute atomic E-state index is 12.6. The number of hydrogen-bond acceptors (Lipinski definition) is 5. The number of rotatable bonds is 6. The first kappa shape index (κ1) is 23.8. The Balaban J connectivity index is 1.57. The minimum Gasteiger partial charge on any atom is -0.490 e. The first-order valence-corrected chi connectivity index (χ1v) is 12.2. The Labute approximate surface area is 201 Å². The highest BCUT2D eigenvalue weighted by atomic mass is 16.5. The Hall–Kier alpha value is -3.33. The number of aromatic nitrogens is 2. The van der Waals surface area contributed by atoms with Crippen molar-refractivity contribution < 1.29 is 4.74 Å². The van der Waals surface area contributed by atoms with Crippen molar-refractivity contribution in [3.8, 4) is 11.8 Å². The van der Waals surface area contributed by atoms with Crippen molar-refractivity contribution in [1.29, 1.82) is 5.26 Å². The van der Waals surface area contributed by atoms with Crippen LogP contribution in [0.25, 0.3) is 11.0 Å². The lowest BCUT2D eigenvalue weighted by Crippen LogP contribution is -2.46. The summed E-state index contributed by atoms with van der Waals surface area (Å²) in [5, 5.41) is 9.34. The van der Waals surface area contributed by atoms with Crippen LogP contribution in [0.4, 0.5) is 5.69 Å². The molecule has 6 nitrogen and oxygen atoms in total. The molecule has 6 heteroatoms. The molecule has 0 aliphatic carbocycles. The molecule has 2 aromatic heterocycles. The molecule has 0 amide bonds. The monoisotopic (exact) mass is 458 g/mol. The van der Waals surface area contributed by atoms with E-state index in [0.29, 0.717) is 17.1 Å². The van der Waals surface area contributed by atoms with E-state index < -0.39 is 0 Å². The number of fused-ring (bicyclic) bond motifs is 1. The second-order valence-corrected chi connectivity index (χ2v) is 9.92. The molecule has 3 heterocycles. The fourth-order valence-corrected chi connectivity index (χ4v) is 4.76. The topological polar surface area (TPSA) is 71.2 Å². The summed E-state index contributed by atoms with van der Waals surface area (Å²) in [7, 11) is 1.74. The summed E-state index contributed by atoms with van der Waals surface area (Å²) in [6, 6.07) is 15.8. The van der Waals surface area contributed by atoms with Crippen molar-refractivity contribution in [2.75, 3.05) is 18.0 Å². The number of nitriles is 1. The van der Waals surface area contributed by atoms with Gasteiger partial charge in [-0.2, -0.15) is 5.26 Å². The van der Waals surface area contributed by atoms with E-state index in [-0.39, 0.29) is 17.1 Å². The fourth-order valence-electron chi connectivity index (χ4n) is 4.76. The van der Waals surface area contributed by atoms with Crippen LogP contribution in [0.5, 0.6) is 5.75 Å². The predicted octanol–water partition coefficient (Wildman–Crippen LogP) is 5.18. The van der Waals surface area contributed by atoms with E-state index in [1.54, 1.807) is 23.7 Å². The van der Waals surface area contributed by atoms with Crippen LogP contribution in [-0.4, -0.2) is 28.7 Å². The average Bonchev–Trinajstić information content (AvgIpc) is 2.86. The van der Waals surface area contributed by atoms with Gasteiger partial charge >= 0.3 is 0 Å². The van der Waals surface area contributed by atoms with Gasteiger partial charge in [0.2, 0.25) is 0 Å². The second-order valence-electron chi connectivity index (χ2n) is 9.92. The number of ether oxygens (including phenoxy) is 1. The number of nitrogens with zero attached hydrogens (tertiary/aromatic N) is 4. The molecule has 0 bridgehead atoms. The smallest absolute Gasteiger partial charge is 0.252 e. The van der Waals surface area contributed by atoms with Gasteiger partial charge in [-0.25, -0.2) is 4.98 Å². The molecule has 1 fully saturated rings. The first-order valence-electron chi connectivity index (χ1n) is 12.2. The molecule has 0 unspecified atom stereocenters. The Morgan fingerprint density at radius 2 is 1.91 bits per heavy atom. The minimum absolute atomic E-state index is 0.0736. The van der Waals surface area contributed by atoms with Gasteiger partial charge in [0, 0.05) is 38.5 Å². The second kappa shape index (κ2) is 9.50. The predicted molar refractivity (Wildman–Crippen MR) is 136 cm³/mol. The Morgan fingerprint density at radius 3 is 2.56 bits per heavy atom. The summed E-state index contributed by atoms with van der Waals surface area (Å²) in [5.74, 6) is 1.23. The van der Waals surface area contributed by atoms with E-state index >= 15 is 0 Å². The third-order valence-electron chi connectivity index (χ3n) is 7.52. The Morgan fingerprint density at radius 1 is 1.18 bits per heavy atom. The van der Waals surface area contributed by atoms with E-state index in [2.05, 4.69) is 67.9 Å². The molecule has 1 aromatic carbocycles. The van der Waals surface area contributed by atoms with Crippen LogP contribution >= 0.6 is 0 Å². The number of aryl methyl sites for hydroxylation is 1. The van der Waals surface area contributed by atoms with Crippen LogP contribution in [-0.2, 0) is 12.5 Å². The molecular weight excluding hydrogens is 424 g/mol. The van der Waals surface area contributed by atoms with E-state index in [1.807, 2.05) is 6.07 Å². The van der Waals surface area contributed by atoms with Gasteiger partial charge < -0.3 is 14.2 Å². The molecule has 4 rings (SSSR count). The van der Waals surface area contributed by atoms with E-state index in [1.165, 1.54) is 5.56 Å². The average molecular weight is 459 g/mol. The summed E-state index contributed by atoms with van der Waals surface area (Å²) in [4.78, 5) is 19.4. The van der Waals surface area contributed by atoms with Crippen molar-refractivity contribution in [1.82, 2.24) is 9.55 Å². The van der Waals surface area contributed by atoms with Crippen LogP contribution in [0.3, 0.4) is 0 Å². The lowest BCUT2D eigenvalue weighted by Gasteiger charge is -2.39. The summed E-state index contributed by atoms with van der Waals surface area (Å²) in [6.45, 7) is 10.5. The highest BCUT2D eigenvalue weighted by Gasteiger charge is 2.31. The van der Waals surface area contributed by atoms with E-state index in [9.17, 15) is 10.1 Å². The number of anilines is 1. The SMILES string of the molecule is CC[C@@H]1CN(c2cc(=O)n(C)c3ccc(C#N)nc23)CC[C@H]1Oc1ccc(C(C)(C)CC)cc1. The molecule has 3 aromatic rings. The Bertz CT molecular complexity index is 1270. The van der Waals surface area contributed by atoms with Crippen LogP contribution < -0.4 is 15.2 Å². The van der Waals surface area contributed by atoms with Crippen molar-refractivity contribution in [3.05, 3.63) is 64.1 Å². The standard InChI is InChI=1S/C28H34N4O2/c1-6-19-18-32(24-16-26(33)31(5)23-13-10-21(17-29)30-27(23)24)15-14-25(19)34-22-11-8-20(9-12-22)28(3,4)7-2/h8-13,16,19,25H,6-7,14-15,18H2,1-5H3/t19-,25-/m1/s1. The maximum Gasteiger partial charge on any atom is 0.252 e. The minimum atomic E-state index is -0.0736. The van der Waals surface area contributed by atoms with Gasteiger partial charge in [0.15, 0.2) is 0 Å². The molecule has 0 spiro atoms. The molecule has 0 saturated carbocycles. The third kappa shape index (κ3) is 4.52. The third-order valence-corrected chi connectivity index (χ3v) is 7.52. The van der Waals surface area contributed by atoms with Crippen LogP contribution in [0.1, 0.15) is 58.2 Å². The van der Waals surface area contributed by atoms with Crippen LogP contribution in [0.2, 0.25) is 0 Å². The first-order chi connectivity index (χ1) is 16.3. The summed E-state index contributed by atoms with van der Waals surface area (Å²) >= 11 is 0. The maximum atomic E-state index is 12.6. The zero-order chi connectivity index (χ0) is 24.5. The number of hydrogen-bond donors (Lipinski definition) is 0. The van der Waals surface area contributed by atoms with Gasteiger partial charge in [-0.1, -0.05) is 39.8 Å². The van der Waals surface area contributed by atoms with E-state index in [4.69, 9.17) is 4.74 Å². The quantitative estimate of drug-likeness (QED) is 0.509. The molecular formula is C28H34N4O2. The number of pyridine rings is 2. The molecule has 2 atom stereocenters. The van der Waals surface area contributed by atoms with Gasteiger partial charge in [0.25, 0.3) is 5.56 Å². The zero-order valence-corrected chi connectivity index (χ0v) is 20.8. The van der Waals surface area contributed by atoms with Crippen molar-refractivity contribution in [3.63, 3.8) is 0 Å². The van der Waals surface area contributed by atoms with Gasteiger partial charge in [0.05, 0.1) is 11.2 Å². The van der Waals surface area contributed by atoms with E-state index in [0.717, 1.165) is 49.3 Å². The molecule has 1 aliphatic heterocycles. The van der Waals surface area contributed by atoms with Crippen molar-refractivity contribution in [2.45, 2.75) is 58.5 Å². The summed E-state index contributed by atoms with van der Waals surface area (Å²) in [6.07, 6.45) is 3.04. The molecule has 178 valence electrons. The lowest BCUT2D eigenvalue weighted by atomic mass is 9.82. The number of piperidine rings is 1. The Kier molecular flexibility index (Phi) is 6.65. The molecule has 1 aliphatic rings. The lowest BCUT2D eigenvalue weighted by molar-refractivity contribution is 0.110. The highest BCUT2D eigenvalue weighted by molar-refractivity contribution is 5.88. The van der Waals surface area contributed by atoms with Gasteiger partial charge in [-0.3, -0.25) is 4.79 Å². The van der Waals surface area contributed by atoms with Crippen LogP contribution in [0.15, 0.2) is 47.3 Å². The van der Waals surface area contributed by atoms with Crippen molar-refractivity contribution in [2.24, 2.45) is 13.0 Å². The molecule has 34 heavy (non-hydrogen) atoms. The largest absolute Gasteiger partial charge is 0.490 e. The van der Waals surface area contributed by atoms with Gasteiger partial charge in [-0.15, -0.1) is 0 Å². The molecule has 0 N–H and O–H groups in total. The van der Waals surface area contributed by atoms with Crippen molar-refractivity contribution >= 4 is 16.7 Å². The zero-order valence-electron chi connectivity index (χ0n) is 20.8. The molecule has 0 radical (unpaired) electrons. The number of benzene rings is 1. The molecule has 1 saturated heterocycles.